The Morgan fingerprint density at radius 2 is 2.00 bits per heavy atom. The van der Waals surface area contributed by atoms with E-state index in [2.05, 4.69) is 11.7 Å². The summed E-state index contributed by atoms with van der Waals surface area (Å²) in [6, 6.07) is 0. The van der Waals surface area contributed by atoms with Crippen molar-refractivity contribution in [3.63, 3.8) is 0 Å². The van der Waals surface area contributed by atoms with Gasteiger partial charge in [0, 0.05) is 13.7 Å². The molecule has 0 saturated heterocycles. The highest BCUT2D eigenvalue weighted by Crippen LogP contribution is 1.78. The summed E-state index contributed by atoms with van der Waals surface area (Å²) in [4.78, 5) is 0. The van der Waals surface area contributed by atoms with Gasteiger partial charge in [0.2, 0.25) is 0 Å². The third kappa shape index (κ3) is 25.8. The van der Waals surface area contributed by atoms with Crippen LogP contribution in [-0.2, 0) is 4.74 Å². The number of unbranched alkanes of at least 4 members (excludes halogenated alkanes) is 1. The molecule has 0 bridgehead atoms. The Kier molecular flexibility index (Phi) is 15.4. The molecule has 2 N–H and O–H groups in total. The first-order valence-corrected chi connectivity index (χ1v) is 3.96. The van der Waals surface area contributed by atoms with Crippen molar-refractivity contribution < 1.29 is 14.9 Å². The smallest absolute Gasteiger partial charge is 0.0745 e. The van der Waals surface area contributed by atoms with E-state index in [9.17, 15) is 0 Å². The Morgan fingerprint density at radius 3 is 2.00 bits per heavy atom. The van der Waals surface area contributed by atoms with Gasteiger partial charge in [-0.2, -0.15) is 0 Å². The molecule has 3 heteroatoms. The molecule has 1 unspecified atom stereocenters. The Balaban J connectivity index is 0. The van der Waals surface area contributed by atoms with Crippen LogP contribution in [0.25, 0.3) is 0 Å². The normalized spacial score (nSPS) is 11.7. The van der Waals surface area contributed by atoms with Crippen molar-refractivity contribution in [2.24, 2.45) is 0 Å². The molecule has 0 aliphatic carbocycles. The third-order valence-electron chi connectivity index (χ3n) is 0.920. The summed E-state index contributed by atoms with van der Waals surface area (Å²) >= 11 is 0. The van der Waals surface area contributed by atoms with Crippen molar-refractivity contribution in [1.29, 1.82) is 0 Å². The molecule has 1 atom stereocenters. The standard InChI is InChI=1S/C4H10O2.C4H10O/c1-4(5)3-6-2;1-2-3-4-5/h4-5H,3H2,1-2H3;5H,2-4H2,1H3. The van der Waals surface area contributed by atoms with E-state index in [0.29, 0.717) is 13.2 Å². The molecule has 3 nitrogen and oxygen atoms in total. The number of aliphatic hydroxyl groups is 2. The van der Waals surface area contributed by atoms with Gasteiger partial charge < -0.3 is 14.9 Å². The van der Waals surface area contributed by atoms with E-state index in [0.717, 1.165) is 12.8 Å². The van der Waals surface area contributed by atoms with Crippen LogP contribution in [0.1, 0.15) is 26.7 Å². The second-order valence-electron chi connectivity index (χ2n) is 2.38. The lowest BCUT2D eigenvalue weighted by molar-refractivity contribution is 0.0765. The van der Waals surface area contributed by atoms with Crippen molar-refractivity contribution >= 4 is 0 Å². The first-order chi connectivity index (χ1) is 5.18. The zero-order valence-electron chi connectivity index (χ0n) is 7.71. The highest BCUT2D eigenvalue weighted by molar-refractivity contribution is 4.36. The van der Waals surface area contributed by atoms with Gasteiger partial charge in [0.05, 0.1) is 12.7 Å². The molecule has 0 aromatic rings. The lowest BCUT2D eigenvalue weighted by Crippen LogP contribution is -2.07. The van der Waals surface area contributed by atoms with Gasteiger partial charge in [0.1, 0.15) is 0 Å². The maximum absolute atomic E-state index is 8.43. The summed E-state index contributed by atoms with van der Waals surface area (Å²) in [5.41, 5.74) is 0. The number of methoxy groups -OCH3 is 1. The summed E-state index contributed by atoms with van der Waals surface area (Å²) in [5.74, 6) is 0. The second kappa shape index (κ2) is 12.5. The molecule has 0 aliphatic rings. The Hall–Kier alpha value is -0.120. The number of rotatable bonds is 4. The first kappa shape index (κ1) is 13.5. The zero-order valence-corrected chi connectivity index (χ0v) is 7.71. The lowest BCUT2D eigenvalue weighted by Gasteiger charge is -1.97. The van der Waals surface area contributed by atoms with Gasteiger partial charge in [-0.1, -0.05) is 13.3 Å². The van der Waals surface area contributed by atoms with E-state index in [1.165, 1.54) is 0 Å². The fourth-order valence-electron chi connectivity index (χ4n) is 0.399. The van der Waals surface area contributed by atoms with Gasteiger partial charge in [-0.25, -0.2) is 0 Å². The van der Waals surface area contributed by atoms with Crippen molar-refractivity contribution in [1.82, 2.24) is 0 Å². The molecule has 70 valence electrons. The largest absolute Gasteiger partial charge is 0.396 e. The van der Waals surface area contributed by atoms with Crippen LogP contribution in [0, 0.1) is 0 Å². The summed E-state index contributed by atoms with van der Waals surface area (Å²) in [5, 5.41) is 16.5. The molecule has 0 aromatic heterocycles. The van der Waals surface area contributed by atoms with E-state index in [4.69, 9.17) is 10.2 Å². The summed E-state index contributed by atoms with van der Waals surface area (Å²) in [7, 11) is 1.56. The van der Waals surface area contributed by atoms with E-state index in [-0.39, 0.29) is 6.10 Å². The molecule has 0 spiro atoms. The average molecular weight is 164 g/mol. The molecule has 11 heavy (non-hydrogen) atoms. The van der Waals surface area contributed by atoms with E-state index >= 15 is 0 Å². The molecule has 0 aliphatic heterocycles. The monoisotopic (exact) mass is 164 g/mol. The number of hydrogen-bond acceptors (Lipinski definition) is 3. The van der Waals surface area contributed by atoms with Crippen LogP contribution < -0.4 is 0 Å². The molecule has 0 fully saturated rings. The quantitative estimate of drug-likeness (QED) is 0.646. The van der Waals surface area contributed by atoms with Gasteiger partial charge in [-0.05, 0) is 13.3 Å². The highest BCUT2D eigenvalue weighted by atomic mass is 16.5. The Morgan fingerprint density at radius 1 is 1.45 bits per heavy atom. The topological polar surface area (TPSA) is 49.7 Å². The molecular weight excluding hydrogens is 144 g/mol. The van der Waals surface area contributed by atoms with Crippen LogP contribution in [0.5, 0.6) is 0 Å². The van der Waals surface area contributed by atoms with Crippen LogP contribution in [-0.4, -0.2) is 36.6 Å². The van der Waals surface area contributed by atoms with Crippen molar-refractivity contribution in [2.75, 3.05) is 20.3 Å². The zero-order chi connectivity index (χ0) is 9.11. The fourth-order valence-corrected chi connectivity index (χ4v) is 0.399. The van der Waals surface area contributed by atoms with Crippen LogP contribution in [0.15, 0.2) is 0 Å². The van der Waals surface area contributed by atoms with E-state index in [1.807, 2.05) is 0 Å². The van der Waals surface area contributed by atoms with Gasteiger partial charge in [0.25, 0.3) is 0 Å². The maximum Gasteiger partial charge on any atom is 0.0745 e. The predicted molar refractivity (Wildman–Crippen MR) is 45.6 cm³/mol. The van der Waals surface area contributed by atoms with Crippen LogP contribution in [0.2, 0.25) is 0 Å². The first-order valence-electron chi connectivity index (χ1n) is 3.96. The van der Waals surface area contributed by atoms with Gasteiger partial charge in [-0.3, -0.25) is 0 Å². The summed E-state index contributed by atoms with van der Waals surface area (Å²) < 4.78 is 4.55. The summed E-state index contributed by atoms with van der Waals surface area (Å²) in [6.45, 7) is 4.51. The van der Waals surface area contributed by atoms with Crippen LogP contribution >= 0.6 is 0 Å². The van der Waals surface area contributed by atoms with Crippen molar-refractivity contribution in [3.05, 3.63) is 0 Å². The van der Waals surface area contributed by atoms with Crippen LogP contribution in [0.3, 0.4) is 0 Å². The van der Waals surface area contributed by atoms with Gasteiger partial charge >= 0.3 is 0 Å². The van der Waals surface area contributed by atoms with Crippen molar-refractivity contribution in [3.8, 4) is 0 Å². The molecular formula is C8H20O3. The lowest BCUT2D eigenvalue weighted by atomic mass is 10.4. The molecule has 0 saturated carbocycles. The van der Waals surface area contributed by atoms with Crippen LogP contribution in [0.4, 0.5) is 0 Å². The molecule has 0 rings (SSSR count). The van der Waals surface area contributed by atoms with E-state index < -0.39 is 0 Å². The average Bonchev–Trinajstić information content (AvgIpc) is 1.90. The minimum atomic E-state index is -0.324. The van der Waals surface area contributed by atoms with Gasteiger partial charge in [-0.15, -0.1) is 0 Å². The number of aliphatic hydroxyl groups excluding tert-OH is 2. The molecule has 0 radical (unpaired) electrons. The minimum absolute atomic E-state index is 0.324. The van der Waals surface area contributed by atoms with Crippen molar-refractivity contribution in [2.45, 2.75) is 32.8 Å². The number of ether oxygens (including phenoxy) is 1. The molecule has 0 aromatic carbocycles. The predicted octanol–water partition coefficient (Wildman–Crippen LogP) is 0.792. The van der Waals surface area contributed by atoms with Gasteiger partial charge in [0.15, 0.2) is 0 Å². The summed E-state index contributed by atoms with van der Waals surface area (Å²) in [6.07, 6.45) is 1.71. The minimum Gasteiger partial charge on any atom is -0.396 e. The van der Waals surface area contributed by atoms with E-state index in [1.54, 1.807) is 14.0 Å². The second-order valence-corrected chi connectivity index (χ2v) is 2.38. The Bertz CT molecular complexity index is 53.3. The number of hydrogen-bond donors (Lipinski definition) is 2. The Labute approximate surface area is 69.0 Å². The molecule has 0 amide bonds. The highest BCUT2D eigenvalue weighted by Gasteiger charge is 1.87. The third-order valence-corrected chi connectivity index (χ3v) is 0.920. The maximum atomic E-state index is 8.43. The SMILES string of the molecule is CCCCO.COCC(C)O. The molecule has 0 heterocycles. The fraction of sp³-hybridized carbons (Fsp3) is 1.00.